The maximum Gasteiger partial charge on any atom is 0.294 e. The molecule has 14 unspecified atom stereocenters. The summed E-state index contributed by atoms with van der Waals surface area (Å²) in [6.45, 7) is -1.36. The lowest BCUT2D eigenvalue weighted by Gasteiger charge is -2.51. The number of alkyl halides is 2. The molecule has 3 fully saturated rings. The lowest BCUT2D eigenvalue weighted by atomic mass is 9.72. The van der Waals surface area contributed by atoms with Crippen LogP contribution in [0.25, 0.3) is 0 Å². The molecule has 0 aromatic carbocycles. The minimum absolute atomic E-state index is 0.0766. The molecule has 0 spiro atoms. The minimum atomic E-state index is -3.96. The highest BCUT2D eigenvalue weighted by Gasteiger charge is 2.54. The van der Waals surface area contributed by atoms with Crippen LogP contribution in [0.15, 0.2) is 0 Å². The van der Waals surface area contributed by atoms with Crippen molar-refractivity contribution in [3.8, 4) is 0 Å². The van der Waals surface area contributed by atoms with E-state index >= 15 is 0 Å². The van der Waals surface area contributed by atoms with Gasteiger partial charge in [0.05, 0.1) is 50.2 Å². The number of nitrogens with two attached hydrogens (primary N) is 4. The lowest BCUT2D eigenvalue weighted by Crippen LogP contribution is -2.70. The molecule has 42 heavy (non-hydrogen) atoms. The number of hydrogen-bond acceptors (Lipinski definition) is 15. The zero-order chi connectivity index (χ0) is 31.4. The quantitative estimate of drug-likeness (QED) is 0.0908. The molecular formula is C24H46F2N6O10. The molecule has 14 atom stereocenters. The first-order valence-electron chi connectivity index (χ1n) is 14.0. The van der Waals surface area contributed by atoms with Crippen LogP contribution in [0.3, 0.4) is 0 Å². The largest absolute Gasteiger partial charge is 0.395 e. The van der Waals surface area contributed by atoms with E-state index in [0.717, 1.165) is 0 Å². The number of aliphatic hydroxyl groups is 6. The Balaban J connectivity index is 1.88. The number of halogens is 2. The van der Waals surface area contributed by atoms with Crippen LogP contribution in [0.1, 0.15) is 19.3 Å². The SMILES string of the molecule is NCC(F)(F)C(O)C(=O)NC1CC(N)C(C2OC(CNCCO)CCC2N)C(O)C1OC1OC(CO)C(O)C(N)C1O. The van der Waals surface area contributed by atoms with E-state index in [1.54, 1.807) is 0 Å². The number of carbonyl (C=O) groups is 1. The molecule has 2 aliphatic heterocycles. The Morgan fingerprint density at radius 1 is 1.05 bits per heavy atom. The lowest BCUT2D eigenvalue weighted by molar-refractivity contribution is -0.306. The molecule has 0 aromatic heterocycles. The van der Waals surface area contributed by atoms with Gasteiger partial charge in [-0.25, -0.2) is 8.78 Å². The zero-order valence-electron chi connectivity index (χ0n) is 23.1. The summed E-state index contributed by atoms with van der Waals surface area (Å²) in [5, 5.41) is 66.3. The van der Waals surface area contributed by atoms with Crippen LogP contribution in [0.2, 0.25) is 0 Å². The topological polar surface area (TPSA) is 294 Å². The van der Waals surface area contributed by atoms with E-state index < -0.39 is 104 Å². The molecule has 1 amide bonds. The van der Waals surface area contributed by atoms with Crippen LogP contribution in [0, 0.1) is 5.92 Å². The van der Waals surface area contributed by atoms with E-state index in [2.05, 4.69) is 10.6 Å². The first kappa shape index (κ1) is 35.3. The van der Waals surface area contributed by atoms with E-state index in [-0.39, 0.29) is 19.1 Å². The molecule has 246 valence electrons. The van der Waals surface area contributed by atoms with E-state index in [0.29, 0.717) is 25.9 Å². The van der Waals surface area contributed by atoms with Gasteiger partial charge in [0.1, 0.15) is 24.4 Å². The summed E-state index contributed by atoms with van der Waals surface area (Å²) in [5.41, 5.74) is 23.7. The van der Waals surface area contributed by atoms with Crippen LogP contribution < -0.4 is 33.6 Å². The first-order chi connectivity index (χ1) is 19.8. The van der Waals surface area contributed by atoms with Crippen LogP contribution in [0.4, 0.5) is 8.78 Å². The van der Waals surface area contributed by atoms with Crippen molar-refractivity contribution < 1.29 is 58.4 Å². The van der Waals surface area contributed by atoms with Crippen LogP contribution >= 0.6 is 0 Å². The van der Waals surface area contributed by atoms with Crippen molar-refractivity contribution in [1.82, 2.24) is 10.6 Å². The van der Waals surface area contributed by atoms with Crippen molar-refractivity contribution in [1.29, 1.82) is 0 Å². The summed E-state index contributed by atoms with van der Waals surface area (Å²) < 4.78 is 45.5. The summed E-state index contributed by atoms with van der Waals surface area (Å²) in [6.07, 6.45) is -12.2. The number of carbonyl (C=O) groups excluding carboxylic acids is 1. The third-order valence-corrected chi connectivity index (χ3v) is 8.26. The highest BCUT2D eigenvalue weighted by Crippen LogP contribution is 2.36. The first-order valence-corrected chi connectivity index (χ1v) is 14.0. The van der Waals surface area contributed by atoms with Crippen LogP contribution in [0.5, 0.6) is 0 Å². The van der Waals surface area contributed by atoms with Gasteiger partial charge in [-0.15, -0.1) is 0 Å². The Labute approximate surface area is 241 Å². The van der Waals surface area contributed by atoms with E-state index in [4.69, 9.17) is 42.3 Å². The van der Waals surface area contributed by atoms with Gasteiger partial charge in [0.25, 0.3) is 11.8 Å². The predicted octanol–water partition coefficient (Wildman–Crippen LogP) is -6.26. The van der Waals surface area contributed by atoms with E-state index in [9.17, 15) is 39.1 Å². The molecule has 0 radical (unpaired) electrons. The van der Waals surface area contributed by atoms with E-state index in [1.807, 2.05) is 0 Å². The number of rotatable bonds is 12. The maximum absolute atomic E-state index is 14.0. The Kier molecular flexibility index (Phi) is 12.7. The van der Waals surface area contributed by atoms with E-state index in [1.165, 1.54) is 0 Å². The highest BCUT2D eigenvalue weighted by atomic mass is 19.3. The van der Waals surface area contributed by atoms with Gasteiger partial charge in [-0.3, -0.25) is 4.79 Å². The number of nitrogens with one attached hydrogen (secondary N) is 2. The number of hydrogen-bond donors (Lipinski definition) is 12. The molecular weight excluding hydrogens is 570 g/mol. The normalized spacial score (nSPS) is 42.2. The fraction of sp³-hybridized carbons (Fsp3) is 0.958. The predicted molar refractivity (Wildman–Crippen MR) is 140 cm³/mol. The Bertz CT molecular complexity index is 869. The molecule has 0 bridgehead atoms. The molecule has 18 heteroatoms. The average molecular weight is 617 g/mol. The molecule has 2 saturated heterocycles. The molecule has 3 aliphatic rings. The monoisotopic (exact) mass is 616 g/mol. The second-order valence-corrected chi connectivity index (χ2v) is 11.2. The third kappa shape index (κ3) is 7.88. The standard InChI is InChI=1S/C24H46F2N6O10/c25-24(26,8-27)21(38)22(39)32-12-5-11(29)14(19-10(28)2-1-9(40-19)6-31-3-4-33)17(36)20(12)42-23-18(37)15(30)16(35)13(7-34)41-23/h9-21,23,31,33-38H,1-8,27-30H2,(H,32,39). The van der Waals surface area contributed by atoms with Gasteiger partial charge in [-0.05, 0) is 19.3 Å². The van der Waals surface area contributed by atoms with Crippen molar-refractivity contribution in [3.63, 3.8) is 0 Å². The molecule has 2 heterocycles. The van der Waals surface area contributed by atoms with Gasteiger partial charge in [0.2, 0.25) is 0 Å². The van der Waals surface area contributed by atoms with Crippen molar-refractivity contribution >= 4 is 5.91 Å². The minimum Gasteiger partial charge on any atom is -0.395 e. The molecule has 16 N–H and O–H groups in total. The van der Waals surface area contributed by atoms with Gasteiger partial charge >= 0.3 is 0 Å². The fourth-order valence-corrected chi connectivity index (χ4v) is 5.80. The van der Waals surface area contributed by atoms with Gasteiger partial charge in [0, 0.05) is 31.1 Å². The second-order valence-electron chi connectivity index (χ2n) is 11.2. The molecule has 3 rings (SSSR count). The fourth-order valence-electron chi connectivity index (χ4n) is 5.80. The van der Waals surface area contributed by atoms with Crippen molar-refractivity contribution in [2.75, 3.05) is 32.8 Å². The van der Waals surface area contributed by atoms with Crippen molar-refractivity contribution in [2.45, 2.75) is 104 Å². The van der Waals surface area contributed by atoms with Crippen molar-refractivity contribution in [3.05, 3.63) is 0 Å². The van der Waals surface area contributed by atoms with Crippen LogP contribution in [-0.2, 0) is 19.0 Å². The smallest absolute Gasteiger partial charge is 0.294 e. The summed E-state index contributed by atoms with van der Waals surface area (Å²) in [5.74, 6) is -6.38. The molecule has 16 nitrogen and oxygen atoms in total. The average Bonchev–Trinajstić information content (AvgIpc) is 2.95. The van der Waals surface area contributed by atoms with Gasteiger partial charge < -0.3 is 78.4 Å². The number of amides is 1. The summed E-state index contributed by atoms with van der Waals surface area (Å²) in [6, 6.07) is -4.11. The maximum atomic E-state index is 14.0. The molecule has 0 aromatic rings. The van der Waals surface area contributed by atoms with Gasteiger partial charge in [-0.1, -0.05) is 0 Å². The van der Waals surface area contributed by atoms with Crippen molar-refractivity contribution in [2.24, 2.45) is 28.9 Å². The van der Waals surface area contributed by atoms with Crippen LogP contribution in [-0.4, -0.2) is 155 Å². The summed E-state index contributed by atoms with van der Waals surface area (Å²) in [4.78, 5) is 12.6. The Morgan fingerprint density at radius 2 is 1.74 bits per heavy atom. The Hall–Kier alpha value is -1.23. The Morgan fingerprint density at radius 3 is 2.36 bits per heavy atom. The molecule has 1 aliphatic carbocycles. The summed E-state index contributed by atoms with van der Waals surface area (Å²) in [7, 11) is 0. The number of ether oxygens (including phenoxy) is 3. The summed E-state index contributed by atoms with van der Waals surface area (Å²) >= 11 is 0. The number of aliphatic hydroxyl groups excluding tert-OH is 6. The van der Waals surface area contributed by atoms with Gasteiger partial charge in [0.15, 0.2) is 12.4 Å². The third-order valence-electron chi connectivity index (χ3n) is 8.26. The highest BCUT2D eigenvalue weighted by molar-refractivity contribution is 5.82. The second kappa shape index (κ2) is 15.2. The molecule has 1 saturated carbocycles. The van der Waals surface area contributed by atoms with Gasteiger partial charge in [-0.2, -0.15) is 0 Å². The zero-order valence-corrected chi connectivity index (χ0v) is 23.1.